The number of hydrogen-bond acceptors (Lipinski definition) is 2. The van der Waals surface area contributed by atoms with Crippen LogP contribution in [0.2, 0.25) is 0 Å². The molecule has 1 amide bonds. The van der Waals surface area contributed by atoms with Crippen LogP contribution in [-0.4, -0.2) is 24.0 Å². The summed E-state index contributed by atoms with van der Waals surface area (Å²) in [6.45, 7) is 7.59. The van der Waals surface area contributed by atoms with Gasteiger partial charge in [0.15, 0.2) is 0 Å². The van der Waals surface area contributed by atoms with Gasteiger partial charge < -0.3 is 10.6 Å². The van der Waals surface area contributed by atoms with Gasteiger partial charge in [-0.25, -0.2) is 0 Å². The summed E-state index contributed by atoms with van der Waals surface area (Å²) in [5, 5.41) is 6.72. The Morgan fingerprint density at radius 2 is 1.83 bits per heavy atom. The van der Waals surface area contributed by atoms with Crippen molar-refractivity contribution in [2.45, 2.75) is 77.3 Å². The van der Waals surface area contributed by atoms with Crippen LogP contribution in [0.4, 0.5) is 0 Å². The Bertz CT molecular complexity index is 306. The summed E-state index contributed by atoms with van der Waals surface area (Å²) < 4.78 is 0. The fourth-order valence-electron chi connectivity index (χ4n) is 3.33. The Balaban J connectivity index is 1.97. The zero-order valence-electron chi connectivity index (χ0n) is 12.1. The smallest absolute Gasteiger partial charge is 0.240 e. The van der Waals surface area contributed by atoms with E-state index in [1.807, 2.05) is 0 Å². The molecule has 3 nitrogen and oxygen atoms in total. The molecule has 2 fully saturated rings. The molecule has 2 aliphatic rings. The normalized spacial score (nSPS) is 36.1. The van der Waals surface area contributed by atoms with Gasteiger partial charge in [0, 0.05) is 6.04 Å². The lowest BCUT2D eigenvalue weighted by atomic mass is 9.73. The minimum absolute atomic E-state index is 0.210. The van der Waals surface area contributed by atoms with E-state index in [0.717, 1.165) is 25.8 Å². The average molecular weight is 252 g/mol. The molecule has 0 bridgehead atoms. The van der Waals surface area contributed by atoms with E-state index < -0.39 is 0 Å². The lowest BCUT2D eigenvalue weighted by Crippen LogP contribution is -2.60. The molecular weight excluding hydrogens is 224 g/mol. The van der Waals surface area contributed by atoms with Gasteiger partial charge in [-0.05, 0) is 51.0 Å². The molecule has 2 N–H and O–H groups in total. The molecule has 2 rings (SSSR count). The predicted molar refractivity (Wildman–Crippen MR) is 74.4 cm³/mol. The summed E-state index contributed by atoms with van der Waals surface area (Å²) in [6, 6.07) is 0.347. The van der Waals surface area contributed by atoms with Crippen LogP contribution in [-0.2, 0) is 4.79 Å². The van der Waals surface area contributed by atoms with E-state index in [-0.39, 0.29) is 16.9 Å². The van der Waals surface area contributed by atoms with Crippen LogP contribution in [0.5, 0.6) is 0 Å². The maximum Gasteiger partial charge on any atom is 0.240 e. The molecule has 0 spiro atoms. The Morgan fingerprint density at radius 3 is 2.44 bits per heavy atom. The second-order valence-electron chi connectivity index (χ2n) is 6.98. The molecule has 1 heterocycles. The number of amides is 1. The second kappa shape index (κ2) is 5.20. The SMILES string of the molecule is CC1(C(=O)NC2CCCCC2(C)C)CCCCN1. The molecule has 3 heteroatoms. The van der Waals surface area contributed by atoms with Gasteiger partial charge in [0.2, 0.25) is 5.91 Å². The van der Waals surface area contributed by atoms with E-state index in [2.05, 4.69) is 31.4 Å². The van der Waals surface area contributed by atoms with E-state index in [9.17, 15) is 4.79 Å². The molecule has 2 unspecified atom stereocenters. The number of rotatable bonds is 2. The average Bonchev–Trinajstić information content (AvgIpc) is 2.32. The molecule has 0 radical (unpaired) electrons. The van der Waals surface area contributed by atoms with Gasteiger partial charge in [0.05, 0.1) is 5.54 Å². The van der Waals surface area contributed by atoms with Gasteiger partial charge in [-0.1, -0.05) is 26.7 Å². The molecule has 0 aromatic heterocycles. The summed E-state index contributed by atoms with van der Waals surface area (Å²) in [7, 11) is 0. The fourth-order valence-corrected chi connectivity index (χ4v) is 3.33. The monoisotopic (exact) mass is 252 g/mol. The standard InChI is InChI=1S/C15H28N2O/c1-14(2)9-5-4-8-12(14)17-13(18)15(3)10-6-7-11-16-15/h12,16H,4-11H2,1-3H3,(H,17,18). The number of piperidine rings is 1. The third-order valence-corrected chi connectivity index (χ3v) is 4.93. The van der Waals surface area contributed by atoms with Crippen LogP contribution in [0, 0.1) is 5.41 Å². The maximum atomic E-state index is 12.5. The van der Waals surface area contributed by atoms with Crippen molar-refractivity contribution in [3.63, 3.8) is 0 Å². The van der Waals surface area contributed by atoms with Crippen molar-refractivity contribution >= 4 is 5.91 Å². The number of hydrogen-bond donors (Lipinski definition) is 2. The minimum atomic E-state index is -0.341. The largest absolute Gasteiger partial charge is 0.351 e. The Hall–Kier alpha value is -0.570. The number of carbonyl (C=O) groups excluding carboxylic acids is 1. The molecule has 2 atom stereocenters. The predicted octanol–water partition coefficient (Wildman–Crippen LogP) is 2.60. The number of nitrogens with one attached hydrogen (secondary N) is 2. The molecule has 1 saturated carbocycles. The molecule has 0 aromatic carbocycles. The molecule has 0 aromatic rings. The topological polar surface area (TPSA) is 41.1 Å². The lowest BCUT2D eigenvalue weighted by molar-refractivity contribution is -0.130. The highest BCUT2D eigenvalue weighted by atomic mass is 16.2. The Labute approximate surface area is 111 Å². The molecule has 104 valence electrons. The van der Waals surface area contributed by atoms with Gasteiger partial charge in [-0.3, -0.25) is 4.79 Å². The Morgan fingerprint density at radius 1 is 1.11 bits per heavy atom. The van der Waals surface area contributed by atoms with Crippen molar-refractivity contribution in [3.05, 3.63) is 0 Å². The van der Waals surface area contributed by atoms with Gasteiger partial charge in [0.25, 0.3) is 0 Å². The van der Waals surface area contributed by atoms with E-state index >= 15 is 0 Å². The third kappa shape index (κ3) is 2.87. The van der Waals surface area contributed by atoms with Crippen LogP contribution in [0.1, 0.15) is 65.7 Å². The highest BCUT2D eigenvalue weighted by Crippen LogP contribution is 2.35. The van der Waals surface area contributed by atoms with E-state index in [0.29, 0.717) is 6.04 Å². The first kappa shape index (κ1) is 13.9. The quantitative estimate of drug-likeness (QED) is 0.793. The zero-order chi connectivity index (χ0) is 13.2. The van der Waals surface area contributed by atoms with Crippen LogP contribution in [0.15, 0.2) is 0 Å². The van der Waals surface area contributed by atoms with E-state index in [1.165, 1.54) is 25.7 Å². The van der Waals surface area contributed by atoms with E-state index in [1.54, 1.807) is 0 Å². The van der Waals surface area contributed by atoms with E-state index in [4.69, 9.17) is 0 Å². The van der Waals surface area contributed by atoms with Gasteiger partial charge >= 0.3 is 0 Å². The molecule has 1 aliphatic heterocycles. The third-order valence-electron chi connectivity index (χ3n) is 4.93. The van der Waals surface area contributed by atoms with Crippen LogP contribution in [0.3, 0.4) is 0 Å². The Kier molecular flexibility index (Phi) is 4.00. The first-order valence-electron chi connectivity index (χ1n) is 7.50. The molecule has 1 aliphatic carbocycles. The lowest BCUT2D eigenvalue weighted by Gasteiger charge is -2.42. The fraction of sp³-hybridized carbons (Fsp3) is 0.933. The molecule has 1 saturated heterocycles. The second-order valence-corrected chi connectivity index (χ2v) is 6.98. The van der Waals surface area contributed by atoms with Crippen molar-refractivity contribution in [3.8, 4) is 0 Å². The van der Waals surface area contributed by atoms with Gasteiger partial charge in [-0.2, -0.15) is 0 Å². The zero-order valence-corrected chi connectivity index (χ0v) is 12.1. The molecular formula is C15H28N2O. The van der Waals surface area contributed by atoms with Gasteiger partial charge in [-0.15, -0.1) is 0 Å². The summed E-state index contributed by atoms with van der Waals surface area (Å²) in [4.78, 5) is 12.5. The summed E-state index contributed by atoms with van der Waals surface area (Å²) in [6.07, 6.45) is 8.22. The van der Waals surface area contributed by atoms with Crippen molar-refractivity contribution in [2.24, 2.45) is 5.41 Å². The number of carbonyl (C=O) groups is 1. The van der Waals surface area contributed by atoms with Crippen LogP contribution in [0.25, 0.3) is 0 Å². The summed E-state index contributed by atoms with van der Waals surface area (Å²) in [5.74, 6) is 0.210. The highest BCUT2D eigenvalue weighted by molar-refractivity contribution is 5.86. The maximum absolute atomic E-state index is 12.5. The summed E-state index contributed by atoms with van der Waals surface area (Å²) in [5.41, 5.74) is -0.0925. The minimum Gasteiger partial charge on any atom is -0.351 e. The van der Waals surface area contributed by atoms with Crippen molar-refractivity contribution in [1.29, 1.82) is 0 Å². The van der Waals surface area contributed by atoms with Crippen LogP contribution >= 0.6 is 0 Å². The van der Waals surface area contributed by atoms with Crippen molar-refractivity contribution in [2.75, 3.05) is 6.54 Å². The first-order chi connectivity index (χ1) is 8.44. The summed E-state index contributed by atoms with van der Waals surface area (Å²) >= 11 is 0. The molecule has 18 heavy (non-hydrogen) atoms. The van der Waals surface area contributed by atoms with Crippen molar-refractivity contribution < 1.29 is 4.79 Å². The van der Waals surface area contributed by atoms with Gasteiger partial charge in [0.1, 0.15) is 0 Å². The van der Waals surface area contributed by atoms with Crippen molar-refractivity contribution in [1.82, 2.24) is 10.6 Å². The highest BCUT2D eigenvalue weighted by Gasteiger charge is 2.39. The first-order valence-corrected chi connectivity index (χ1v) is 7.50. The van der Waals surface area contributed by atoms with Crippen LogP contribution < -0.4 is 10.6 Å².